The van der Waals surface area contributed by atoms with Crippen LogP contribution in [0, 0.1) is 0 Å². The van der Waals surface area contributed by atoms with Gasteiger partial charge in [-0.15, -0.1) is 3.89 Å². The van der Waals surface area contributed by atoms with Crippen molar-refractivity contribution in [1.29, 1.82) is 0 Å². The number of sulfonamides is 1. The van der Waals surface area contributed by atoms with E-state index in [1.54, 1.807) is 18.2 Å². The van der Waals surface area contributed by atoms with Crippen LogP contribution in [0.15, 0.2) is 76.5 Å². The second kappa shape index (κ2) is 10.6. The van der Waals surface area contributed by atoms with Crippen LogP contribution in [0.3, 0.4) is 0 Å². The zero-order chi connectivity index (χ0) is 27.7. The van der Waals surface area contributed by atoms with Gasteiger partial charge < -0.3 is 16.2 Å². The molecule has 38 heavy (non-hydrogen) atoms. The van der Waals surface area contributed by atoms with Crippen molar-refractivity contribution in [2.75, 3.05) is 16.2 Å². The second-order valence-corrected chi connectivity index (χ2v) is 11.6. The summed E-state index contributed by atoms with van der Waals surface area (Å²) in [7, 11) is -9.01. The molecule has 5 N–H and O–H groups in total. The van der Waals surface area contributed by atoms with E-state index in [1.807, 2.05) is 0 Å². The van der Waals surface area contributed by atoms with E-state index in [2.05, 4.69) is 14.7 Å². The molecule has 0 amide bonds. The molecule has 0 aliphatic heterocycles. The average Bonchev–Trinajstić information content (AvgIpc) is 2.84. The molecule has 0 radical (unpaired) electrons. The molecule has 0 saturated carbocycles. The maximum Gasteiger partial charge on any atom is 0.332 e. The van der Waals surface area contributed by atoms with Crippen LogP contribution in [0.5, 0.6) is 5.75 Å². The lowest BCUT2D eigenvalue weighted by atomic mass is 10.0. The molecule has 0 unspecified atom stereocenters. The summed E-state index contributed by atoms with van der Waals surface area (Å²) in [5, 5.41) is 0.678. The van der Waals surface area contributed by atoms with Crippen molar-refractivity contribution in [2.24, 2.45) is 0 Å². The summed E-state index contributed by atoms with van der Waals surface area (Å²) in [6.07, 6.45) is 0. The molecular weight excluding hydrogens is 580 g/mol. The second-order valence-electron chi connectivity index (χ2n) is 7.75. The third-order valence-electron chi connectivity index (χ3n) is 5.14. The Balaban J connectivity index is 1.50. The number of benzene rings is 3. The van der Waals surface area contributed by atoms with Crippen molar-refractivity contribution in [2.45, 2.75) is 16.4 Å². The Morgan fingerprint density at radius 3 is 2.08 bits per heavy atom. The lowest BCUT2D eigenvalue weighted by Crippen LogP contribution is -2.13. The molecule has 0 atom stereocenters. The summed E-state index contributed by atoms with van der Waals surface area (Å²) in [5.41, 5.74) is 13.5. The molecule has 0 fully saturated rings. The fraction of sp³-hybridized carbons (Fsp3) is 0.0435. The largest absolute Gasteiger partial charge is 0.487 e. The predicted molar refractivity (Wildman–Crippen MR) is 143 cm³/mol. The quantitative estimate of drug-likeness (QED) is 0.245. The summed E-state index contributed by atoms with van der Waals surface area (Å²) in [6.45, 7) is -0.0542. The molecule has 0 saturated heterocycles. The summed E-state index contributed by atoms with van der Waals surface area (Å²) in [5.74, 6) is 0.449. The lowest BCUT2D eigenvalue weighted by Gasteiger charge is -2.14. The summed E-state index contributed by atoms with van der Waals surface area (Å²) in [4.78, 5) is 7.34. The summed E-state index contributed by atoms with van der Waals surface area (Å²) in [6, 6.07) is 14.6. The van der Waals surface area contributed by atoms with E-state index in [0.29, 0.717) is 32.6 Å². The Hall–Kier alpha value is -3.65. The number of nitrogen functional groups attached to an aromatic ring is 2. The minimum absolute atomic E-state index is 0.0492. The number of nitrogens with two attached hydrogens (primary N) is 2. The van der Waals surface area contributed by atoms with Crippen LogP contribution in [-0.4, -0.2) is 26.8 Å². The van der Waals surface area contributed by atoms with Crippen LogP contribution in [0.4, 0.5) is 21.3 Å². The van der Waals surface area contributed by atoms with Crippen molar-refractivity contribution in [3.8, 4) is 16.9 Å². The van der Waals surface area contributed by atoms with Gasteiger partial charge in [-0.1, -0.05) is 29.3 Å². The predicted octanol–water partition coefficient (Wildman–Crippen LogP) is 4.65. The minimum atomic E-state index is -4.94. The highest BCUT2D eigenvalue weighted by molar-refractivity contribution is 7.92. The molecule has 3 aromatic carbocycles. The van der Waals surface area contributed by atoms with Gasteiger partial charge in [0.05, 0.1) is 25.5 Å². The van der Waals surface area contributed by atoms with Gasteiger partial charge in [-0.05, 0) is 66.2 Å². The van der Waals surface area contributed by atoms with Gasteiger partial charge in [-0.25, -0.2) is 13.4 Å². The highest BCUT2D eigenvalue weighted by atomic mass is 35.5. The van der Waals surface area contributed by atoms with Crippen LogP contribution in [0.25, 0.3) is 11.1 Å². The van der Waals surface area contributed by atoms with Crippen LogP contribution >= 0.6 is 23.2 Å². The first-order valence-corrected chi connectivity index (χ1v) is 14.1. The number of nitrogens with zero attached hydrogens (tertiary/aromatic N) is 2. The standard InChI is InChI=1S/C23H18Cl2FN5O5S2/c24-18-10-1-13(11-19(18)25)21-20(29-23(28)30-22(21)27)12-36-15-4-2-14(3-5-15)31-38(34,35)17-8-6-16(7-9-17)37(26,32)33/h1-11,31H,12H2,(H4,27,28,29,30). The van der Waals surface area contributed by atoms with Crippen molar-refractivity contribution < 1.29 is 25.5 Å². The SMILES string of the molecule is Nc1nc(N)c(-c2ccc(Cl)c(Cl)c2)c(COc2ccc(NS(=O)(=O)c3ccc(S(=O)(=O)F)cc3)cc2)n1. The molecule has 198 valence electrons. The Kier molecular flexibility index (Phi) is 7.65. The maximum atomic E-state index is 13.0. The molecule has 15 heteroatoms. The van der Waals surface area contributed by atoms with Crippen LogP contribution in [0.1, 0.15) is 5.69 Å². The van der Waals surface area contributed by atoms with Crippen LogP contribution in [0.2, 0.25) is 10.0 Å². The average molecular weight is 598 g/mol. The fourth-order valence-corrected chi connectivity index (χ4v) is 5.20. The number of nitrogens with one attached hydrogen (secondary N) is 1. The number of halogens is 3. The number of ether oxygens (including phenoxy) is 1. The molecule has 10 nitrogen and oxygen atoms in total. The van der Waals surface area contributed by atoms with E-state index < -0.39 is 25.1 Å². The first kappa shape index (κ1) is 27.4. The lowest BCUT2D eigenvalue weighted by molar-refractivity contribution is 0.302. The zero-order valence-electron chi connectivity index (χ0n) is 19.1. The molecule has 1 heterocycles. The smallest absolute Gasteiger partial charge is 0.332 e. The first-order valence-electron chi connectivity index (χ1n) is 10.5. The topological polar surface area (TPSA) is 167 Å². The van der Waals surface area contributed by atoms with E-state index in [1.165, 1.54) is 24.3 Å². The van der Waals surface area contributed by atoms with Crippen molar-refractivity contribution in [3.05, 3.63) is 82.5 Å². The Bertz CT molecular complexity index is 1720. The maximum absolute atomic E-state index is 13.0. The van der Waals surface area contributed by atoms with Gasteiger partial charge in [-0.2, -0.15) is 13.4 Å². The van der Waals surface area contributed by atoms with Gasteiger partial charge in [0.15, 0.2) is 0 Å². The molecule has 0 bridgehead atoms. The zero-order valence-corrected chi connectivity index (χ0v) is 22.2. The fourth-order valence-electron chi connectivity index (χ4n) is 3.38. The third kappa shape index (κ3) is 6.25. The van der Waals surface area contributed by atoms with E-state index in [9.17, 15) is 20.7 Å². The molecule has 4 rings (SSSR count). The van der Waals surface area contributed by atoms with Crippen molar-refractivity contribution in [3.63, 3.8) is 0 Å². The van der Waals surface area contributed by atoms with E-state index in [-0.39, 0.29) is 29.0 Å². The van der Waals surface area contributed by atoms with Gasteiger partial charge >= 0.3 is 10.2 Å². The van der Waals surface area contributed by atoms with Gasteiger partial charge in [0.25, 0.3) is 10.0 Å². The normalized spacial score (nSPS) is 11.8. The molecule has 1 aromatic heterocycles. The van der Waals surface area contributed by atoms with Gasteiger partial charge in [0.1, 0.15) is 18.2 Å². The third-order valence-corrected chi connectivity index (χ3v) is 8.11. The van der Waals surface area contributed by atoms with Crippen LogP contribution in [-0.2, 0) is 26.9 Å². The van der Waals surface area contributed by atoms with Crippen LogP contribution < -0.4 is 20.9 Å². The van der Waals surface area contributed by atoms with E-state index >= 15 is 0 Å². The van der Waals surface area contributed by atoms with Crippen molar-refractivity contribution in [1.82, 2.24) is 9.97 Å². The highest BCUT2D eigenvalue weighted by Gasteiger charge is 2.18. The monoisotopic (exact) mass is 597 g/mol. The van der Waals surface area contributed by atoms with Gasteiger partial charge in [0.2, 0.25) is 5.95 Å². The summed E-state index contributed by atoms with van der Waals surface area (Å²) >= 11 is 12.1. The highest BCUT2D eigenvalue weighted by Crippen LogP contribution is 2.33. The number of hydrogen-bond acceptors (Lipinski definition) is 9. The van der Waals surface area contributed by atoms with Gasteiger partial charge in [-0.3, -0.25) is 4.72 Å². The Morgan fingerprint density at radius 2 is 1.47 bits per heavy atom. The minimum Gasteiger partial charge on any atom is -0.487 e. The first-order chi connectivity index (χ1) is 17.8. The number of hydrogen-bond donors (Lipinski definition) is 3. The molecule has 4 aromatic rings. The number of rotatable bonds is 8. The van der Waals surface area contributed by atoms with E-state index in [4.69, 9.17) is 39.4 Å². The molecule has 0 spiro atoms. The van der Waals surface area contributed by atoms with Crippen molar-refractivity contribution >= 4 is 60.9 Å². The molecule has 0 aliphatic rings. The summed E-state index contributed by atoms with van der Waals surface area (Å²) < 4.78 is 68.3. The number of aromatic nitrogens is 2. The number of anilines is 3. The Labute approximate surface area is 227 Å². The van der Waals surface area contributed by atoms with Gasteiger partial charge in [0, 0.05) is 11.3 Å². The Morgan fingerprint density at radius 1 is 0.842 bits per heavy atom. The molecular formula is C23H18Cl2FN5O5S2. The van der Waals surface area contributed by atoms with E-state index in [0.717, 1.165) is 24.3 Å². The molecule has 0 aliphatic carbocycles.